The second-order valence-electron chi connectivity index (χ2n) is 9.48. The summed E-state index contributed by atoms with van der Waals surface area (Å²) in [6, 6.07) is 0. The second kappa shape index (κ2) is 8.85. The van der Waals surface area contributed by atoms with Crippen LogP contribution in [0.25, 0.3) is 0 Å². The SMILES string of the molecule is CN1CCN(C)C1=C1CCCCC1P(C1CCCCC1)C1CCCCC1. The number of likely N-dealkylation sites (N-methyl/N-ethyl adjacent to an activating group) is 2. The molecule has 1 aliphatic heterocycles. The molecule has 26 heavy (non-hydrogen) atoms. The molecule has 0 bridgehead atoms. The Balaban J connectivity index is 1.66. The summed E-state index contributed by atoms with van der Waals surface area (Å²) in [5.41, 5.74) is 5.05. The summed E-state index contributed by atoms with van der Waals surface area (Å²) in [5, 5.41) is 0. The highest BCUT2D eigenvalue weighted by atomic mass is 31.1. The summed E-state index contributed by atoms with van der Waals surface area (Å²) in [7, 11) is 4.88. The quantitative estimate of drug-likeness (QED) is 0.544. The van der Waals surface area contributed by atoms with Crippen molar-refractivity contribution < 1.29 is 0 Å². The molecule has 0 amide bonds. The van der Waals surface area contributed by atoms with Crippen LogP contribution < -0.4 is 0 Å². The minimum Gasteiger partial charge on any atom is -0.360 e. The Hall–Kier alpha value is -0.230. The highest BCUT2D eigenvalue weighted by Gasteiger charge is 2.40. The molecule has 0 aromatic rings. The molecule has 1 saturated heterocycles. The largest absolute Gasteiger partial charge is 0.360 e. The maximum Gasteiger partial charge on any atom is 0.103 e. The van der Waals surface area contributed by atoms with E-state index in [4.69, 9.17) is 0 Å². The number of hydrogen-bond donors (Lipinski definition) is 0. The van der Waals surface area contributed by atoms with Gasteiger partial charge in [-0.25, -0.2) is 0 Å². The predicted molar refractivity (Wildman–Crippen MR) is 115 cm³/mol. The highest BCUT2D eigenvalue weighted by molar-refractivity contribution is 7.60. The standard InChI is InChI=1S/C23H41N2P/c1-24-17-18-25(2)23(24)21-15-9-10-16-22(21)26(19-11-5-3-6-12-19)20-13-7-4-8-14-20/h19-20,22H,3-18H2,1-2H3. The Labute approximate surface area is 163 Å². The molecule has 1 heterocycles. The summed E-state index contributed by atoms with van der Waals surface area (Å²) in [4.78, 5) is 5.17. The minimum absolute atomic E-state index is 0.180. The Morgan fingerprint density at radius 2 is 1.15 bits per heavy atom. The van der Waals surface area contributed by atoms with E-state index in [0.29, 0.717) is 0 Å². The third-order valence-corrected chi connectivity index (χ3v) is 11.7. The van der Waals surface area contributed by atoms with Crippen LogP contribution in [0, 0.1) is 0 Å². The van der Waals surface area contributed by atoms with Gasteiger partial charge in [0.15, 0.2) is 0 Å². The summed E-state index contributed by atoms with van der Waals surface area (Å²) in [6.07, 6.45) is 21.2. The second-order valence-corrected chi connectivity index (χ2v) is 12.5. The summed E-state index contributed by atoms with van der Waals surface area (Å²) in [6.45, 7) is 2.46. The van der Waals surface area contributed by atoms with Crippen molar-refractivity contribution in [2.45, 2.75) is 107 Å². The van der Waals surface area contributed by atoms with Crippen molar-refractivity contribution in [2.24, 2.45) is 0 Å². The van der Waals surface area contributed by atoms with Crippen LogP contribution in [0.2, 0.25) is 0 Å². The molecule has 3 heteroatoms. The Morgan fingerprint density at radius 3 is 1.69 bits per heavy atom. The molecule has 0 aromatic carbocycles. The lowest BCUT2D eigenvalue weighted by atomic mass is 9.93. The molecule has 3 saturated carbocycles. The third kappa shape index (κ3) is 3.96. The first-order valence-electron chi connectivity index (χ1n) is 11.7. The smallest absolute Gasteiger partial charge is 0.103 e. The molecule has 148 valence electrons. The number of rotatable bonds is 3. The van der Waals surface area contributed by atoms with E-state index in [9.17, 15) is 0 Å². The van der Waals surface area contributed by atoms with Crippen LogP contribution in [0.3, 0.4) is 0 Å². The Bertz CT molecular complexity index is 460. The lowest BCUT2D eigenvalue weighted by Crippen LogP contribution is -2.32. The molecule has 0 aromatic heterocycles. The average molecular weight is 377 g/mol. The normalized spacial score (nSPS) is 29.9. The van der Waals surface area contributed by atoms with E-state index in [1.165, 1.54) is 77.3 Å². The third-order valence-electron chi connectivity index (χ3n) is 7.71. The van der Waals surface area contributed by atoms with Crippen molar-refractivity contribution in [2.75, 3.05) is 27.2 Å². The molecule has 4 fully saturated rings. The molecule has 3 aliphatic carbocycles. The predicted octanol–water partition coefficient (Wildman–Crippen LogP) is 6.17. The number of allylic oxidation sites excluding steroid dienone is 1. The van der Waals surface area contributed by atoms with Gasteiger partial charge in [0.25, 0.3) is 0 Å². The monoisotopic (exact) mass is 376 g/mol. The first kappa shape index (κ1) is 19.1. The van der Waals surface area contributed by atoms with E-state index < -0.39 is 0 Å². The van der Waals surface area contributed by atoms with Crippen molar-refractivity contribution in [1.82, 2.24) is 9.80 Å². The van der Waals surface area contributed by atoms with Gasteiger partial charge in [-0.2, -0.15) is 0 Å². The fourth-order valence-electron chi connectivity index (χ4n) is 6.44. The molecule has 0 radical (unpaired) electrons. The van der Waals surface area contributed by atoms with Crippen LogP contribution in [0.5, 0.6) is 0 Å². The average Bonchev–Trinajstić information content (AvgIpc) is 3.02. The van der Waals surface area contributed by atoms with E-state index in [0.717, 1.165) is 17.0 Å². The fraction of sp³-hybridized carbons (Fsp3) is 0.913. The molecule has 4 aliphatic rings. The van der Waals surface area contributed by atoms with Gasteiger partial charge < -0.3 is 9.80 Å². The van der Waals surface area contributed by atoms with Gasteiger partial charge >= 0.3 is 0 Å². The number of hydrogen-bond acceptors (Lipinski definition) is 2. The first-order valence-corrected chi connectivity index (χ1v) is 13.2. The summed E-state index contributed by atoms with van der Waals surface area (Å²) >= 11 is 0. The van der Waals surface area contributed by atoms with Gasteiger partial charge in [-0.05, 0) is 61.8 Å². The molecule has 2 nitrogen and oxygen atoms in total. The molecule has 1 unspecified atom stereocenters. The van der Waals surface area contributed by atoms with Gasteiger partial charge in [0.05, 0.1) is 0 Å². The van der Waals surface area contributed by atoms with Gasteiger partial charge in [-0.15, -0.1) is 0 Å². The molecule has 1 atom stereocenters. The van der Waals surface area contributed by atoms with E-state index in [2.05, 4.69) is 23.9 Å². The molecular formula is C23H41N2P. The molecule has 4 rings (SSSR count). The zero-order valence-electron chi connectivity index (χ0n) is 17.4. The van der Waals surface area contributed by atoms with Crippen molar-refractivity contribution >= 4 is 7.92 Å². The van der Waals surface area contributed by atoms with E-state index in [1.807, 2.05) is 5.57 Å². The maximum absolute atomic E-state index is 2.59. The lowest BCUT2D eigenvalue weighted by Gasteiger charge is -2.46. The van der Waals surface area contributed by atoms with Crippen molar-refractivity contribution in [3.8, 4) is 0 Å². The van der Waals surface area contributed by atoms with E-state index in [1.54, 1.807) is 31.5 Å². The van der Waals surface area contributed by atoms with Crippen LogP contribution >= 0.6 is 7.92 Å². The topological polar surface area (TPSA) is 6.48 Å². The van der Waals surface area contributed by atoms with Crippen LogP contribution in [0.15, 0.2) is 11.4 Å². The Kier molecular flexibility index (Phi) is 6.50. The van der Waals surface area contributed by atoms with Gasteiger partial charge in [0.1, 0.15) is 5.82 Å². The minimum atomic E-state index is 0.180. The summed E-state index contributed by atoms with van der Waals surface area (Å²) in [5.74, 6) is 1.65. The molecule has 0 spiro atoms. The van der Waals surface area contributed by atoms with Gasteiger partial charge in [-0.1, -0.05) is 52.9 Å². The Morgan fingerprint density at radius 1 is 0.654 bits per heavy atom. The van der Waals surface area contributed by atoms with E-state index >= 15 is 0 Å². The van der Waals surface area contributed by atoms with E-state index in [-0.39, 0.29) is 7.92 Å². The zero-order valence-corrected chi connectivity index (χ0v) is 18.3. The van der Waals surface area contributed by atoms with Crippen molar-refractivity contribution in [1.29, 1.82) is 0 Å². The van der Waals surface area contributed by atoms with Crippen molar-refractivity contribution in [3.05, 3.63) is 11.4 Å². The molecule has 0 N–H and O–H groups in total. The summed E-state index contributed by atoms with van der Waals surface area (Å²) < 4.78 is 0. The number of nitrogens with zero attached hydrogens (tertiary/aromatic N) is 2. The van der Waals surface area contributed by atoms with Crippen LogP contribution in [-0.4, -0.2) is 54.0 Å². The van der Waals surface area contributed by atoms with Crippen LogP contribution in [-0.2, 0) is 0 Å². The van der Waals surface area contributed by atoms with Crippen LogP contribution in [0.1, 0.15) is 89.9 Å². The zero-order chi connectivity index (χ0) is 17.9. The van der Waals surface area contributed by atoms with Crippen LogP contribution in [0.4, 0.5) is 0 Å². The fourth-order valence-corrected chi connectivity index (χ4v) is 11.1. The van der Waals surface area contributed by atoms with Gasteiger partial charge in [0.2, 0.25) is 0 Å². The maximum atomic E-state index is 2.59. The first-order chi connectivity index (χ1) is 12.8. The van der Waals surface area contributed by atoms with Crippen molar-refractivity contribution in [3.63, 3.8) is 0 Å². The molecular weight excluding hydrogens is 335 g/mol. The van der Waals surface area contributed by atoms with Gasteiger partial charge in [-0.3, -0.25) is 0 Å². The lowest BCUT2D eigenvalue weighted by molar-refractivity contribution is 0.398. The van der Waals surface area contributed by atoms with Gasteiger partial charge in [0, 0.05) is 32.8 Å². The highest BCUT2D eigenvalue weighted by Crippen LogP contribution is 2.63.